The lowest BCUT2D eigenvalue weighted by Gasteiger charge is -2.36. The van der Waals surface area contributed by atoms with Gasteiger partial charge in [-0.05, 0) is 37.2 Å². The summed E-state index contributed by atoms with van der Waals surface area (Å²) in [6.45, 7) is 5.21. The van der Waals surface area contributed by atoms with E-state index in [9.17, 15) is 9.18 Å². The number of piperazine rings is 1. The predicted molar refractivity (Wildman–Crippen MR) is 118 cm³/mol. The van der Waals surface area contributed by atoms with Gasteiger partial charge in [-0.3, -0.25) is 9.69 Å². The standard InChI is InChI=1S/C21H28FN5O.ClH/c1-25(2)21(28)17-7-5-10-23-20(17)24-11-6-12-26-13-15-27(16-14-26)19-9-4-3-8-18(19)22;/h3-5,7-10H,6,11-16H2,1-2H3,(H,23,24);1H. The number of nitrogens with zero attached hydrogens (tertiary/aromatic N) is 4. The maximum Gasteiger partial charge on any atom is 0.257 e. The second kappa shape index (κ2) is 11.0. The van der Waals surface area contributed by atoms with E-state index in [2.05, 4.69) is 20.1 Å². The largest absolute Gasteiger partial charge is 0.369 e. The number of halogens is 2. The third-order valence-corrected chi connectivity index (χ3v) is 4.95. The summed E-state index contributed by atoms with van der Waals surface area (Å²) in [6, 6.07) is 10.5. The van der Waals surface area contributed by atoms with E-state index in [1.165, 1.54) is 6.07 Å². The van der Waals surface area contributed by atoms with Crippen LogP contribution >= 0.6 is 12.4 Å². The first-order chi connectivity index (χ1) is 13.6. The van der Waals surface area contributed by atoms with Crippen LogP contribution < -0.4 is 10.2 Å². The quantitative estimate of drug-likeness (QED) is 0.696. The fourth-order valence-corrected chi connectivity index (χ4v) is 3.39. The Morgan fingerprint density at radius 1 is 1.14 bits per heavy atom. The summed E-state index contributed by atoms with van der Waals surface area (Å²) < 4.78 is 13.9. The number of aromatic nitrogens is 1. The molecule has 2 heterocycles. The van der Waals surface area contributed by atoms with Crippen LogP contribution in [0.2, 0.25) is 0 Å². The van der Waals surface area contributed by atoms with Crippen LogP contribution in [0.5, 0.6) is 0 Å². The van der Waals surface area contributed by atoms with Crippen LogP contribution in [0.3, 0.4) is 0 Å². The highest BCUT2D eigenvalue weighted by molar-refractivity contribution is 5.98. The van der Waals surface area contributed by atoms with Crippen molar-refractivity contribution in [2.45, 2.75) is 6.42 Å². The average molecular weight is 422 g/mol. The molecule has 0 bridgehead atoms. The second-order valence-electron chi connectivity index (χ2n) is 7.16. The summed E-state index contributed by atoms with van der Waals surface area (Å²) in [6.07, 6.45) is 2.64. The number of carbonyl (C=O) groups excluding carboxylic acids is 1. The van der Waals surface area contributed by atoms with Crippen molar-refractivity contribution < 1.29 is 9.18 Å². The SMILES string of the molecule is CN(C)C(=O)c1cccnc1NCCCN1CCN(c2ccccc2F)CC1.Cl. The van der Waals surface area contributed by atoms with Gasteiger partial charge >= 0.3 is 0 Å². The highest BCUT2D eigenvalue weighted by Gasteiger charge is 2.19. The number of para-hydroxylation sites is 1. The highest BCUT2D eigenvalue weighted by Crippen LogP contribution is 2.20. The minimum atomic E-state index is -0.154. The summed E-state index contributed by atoms with van der Waals surface area (Å²) in [4.78, 5) is 22.6. The van der Waals surface area contributed by atoms with Crippen LogP contribution in [0.25, 0.3) is 0 Å². The van der Waals surface area contributed by atoms with Crippen molar-refractivity contribution in [3.8, 4) is 0 Å². The minimum Gasteiger partial charge on any atom is -0.369 e. The molecule has 0 unspecified atom stereocenters. The van der Waals surface area contributed by atoms with Crippen molar-refractivity contribution in [2.75, 3.05) is 63.6 Å². The maximum atomic E-state index is 13.9. The maximum absolute atomic E-state index is 13.9. The molecular weight excluding hydrogens is 393 g/mol. The Kier molecular flexibility index (Phi) is 8.67. The number of hydrogen-bond acceptors (Lipinski definition) is 5. The van der Waals surface area contributed by atoms with Gasteiger partial charge in [0.25, 0.3) is 5.91 Å². The molecule has 0 spiro atoms. The zero-order chi connectivity index (χ0) is 19.9. The predicted octanol–water partition coefficient (Wildman–Crippen LogP) is 2.97. The fraction of sp³-hybridized carbons (Fsp3) is 0.429. The molecule has 1 amide bonds. The first kappa shape index (κ1) is 22.9. The Hall–Kier alpha value is -2.38. The number of benzene rings is 1. The highest BCUT2D eigenvalue weighted by atomic mass is 35.5. The van der Waals surface area contributed by atoms with Crippen molar-refractivity contribution in [3.63, 3.8) is 0 Å². The molecule has 2 aromatic rings. The Balaban J connectivity index is 0.00000300. The fourth-order valence-electron chi connectivity index (χ4n) is 3.39. The van der Waals surface area contributed by atoms with Crippen LogP contribution in [-0.2, 0) is 0 Å². The second-order valence-corrected chi connectivity index (χ2v) is 7.16. The van der Waals surface area contributed by atoms with Gasteiger partial charge in [-0.15, -0.1) is 12.4 Å². The van der Waals surface area contributed by atoms with E-state index in [1.807, 2.05) is 12.1 Å². The zero-order valence-corrected chi connectivity index (χ0v) is 17.8. The molecule has 29 heavy (non-hydrogen) atoms. The number of hydrogen-bond donors (Lipinski definition) is 1. The van der Waals surface area contributed by atoms with Crippen LogP contribution in [0.15, 0.2) is 42.6 Å². The van der Waals surface area contributed by atoms with Crippen molar-refractivity contribution in [3.05, 3.63) is 54.0 Å². The van der Waals surface area contributed by atoms with Gasteiger partial charge < -0.3 is 15.1 Å². The smallest absolute Gasteiger partial charge is 0.257 e. The Labute approximate surface area is 178 Å². The lowest BCUT2D eigenvalue weighted by Crippen LogP contribution is -2.47. The lowest BCUT2D eigenvalue weighted by atomic mass is 10.2. The Morgan fingerprint density at radius 3 is 2.55 bits per heavy atom. The molecule has 0 aliphatic carbocycles. The van der Waals surface area contributed by atoms with Gasteiger partial charge in [-0.25, -0.2) is 9.37 Å². The molecule has 1 fully saturated rings. The Bertz CT molecular complexity index is 796. The first-order valence-electron chi connectivity index (χ1n) is 9.68. The van der Waals surface area contributed by atoms with Crippen molar-refractivity contribution in [1.29, 1.82) is 0 Å². The number of carbonyl (C=O) groups is 1. The molecule has 1 aliphatic heterocycles. The summed E-state index contributed by atoms with van der Waals surface area (Å²) in [5, 5.41) is 3.29. The van der Waals surface area contributed by atoms with E-state index >= 15 is 0 Å². The molecule has 0 atom stereocenters. The molecule has 1 aromatic heterocycles. The normalized spacial score (nSPS) is 14.2. The first-order valence-corrected chi connectivity index (χ1v) is 9.68. The topological polar surface area (TPSA) is 51.7 Å². The van der Waals surface area contributed by atoms with E-state index in [0.29, 0.717) is 17.1 Å². The van der Waals surface area contributed by atoms with Crippen molar-refractivity contribution in [1.82, 2.24) is 14.8 Å². The van der Waals surface area contributed by atoms with E-state index < -0.39 is 0 Å². The van der Waals surface area contributed by atoms with Gasteiger partial charge in [0.15, 0.2) is 0 Å². The molecule has 0 saturated carbocycles. The van der Waals surface area contributed by atoms with E-state index in [1.54, 1.807) is 43.4 Å². The molecule has 8 heteroatoms. The van der Waals surface area contributed by atoms with Gasteiger partial charge in [0.05, 0.1) is 11.3 Å². The van der Waals surface area contributed by atoms with E-state index in [-0.39, 0.29) is 24.1 Å². The van der Waals surface area contributed by atoms with Crippen LogP contribution in [0.1, 0.15) is 16.8 Å². The number of rotatable bonds is 7. The summed E-state index contributed by atoms with van der Waals surface area (Å²) in [7, 11) is 3.47. The number of nitrogens with one attached hydrogen (secondary N) is 1. The molecule has 1 N–H and O–H groups in total. The minimum absolute atomic E-state index is 0. The number of pyridine rings is 1. The molecule has 3 rings (SSSR count). The molecule has 158 valence electrons. The number of amides is 1. The summed E-state index contributed by atoms with van der Waals surface area (Å²) in [5.74, 6) is 0.420. The molecule has 6 nitrogen and oxygen atoms in total. The van der Waals surface area contributed by atoms with E-state index in [0.717, 1.165) is 45.7 Å². The lowest BCUT2D eigenvalue weighted by molar-refractivity contribution is 0.0828. The van der Waals surface area contributed by atoms with Crippen molar-refractivity contribution in [2.24, 2.45) is 0 Å². The van der Waals surface area contributed by atoms with Crippen LogP contribution in [-0.4, -0.2) is 74.1 Å². The van der Waals surface area contributed by atoms with Crippen LogP contribution in [0.4, 0.5) is 15.9 Å². The number of anilines is 2. The molecular formula is C21H29ClFN5O. The van der Waals surface area contributed by atoms with Gasteiger partial charge in [-0.2, -0.15) is 0 Å². The summed E-state index contributed by atoms with van der Waals surface area (Å²) in [5.41, 5.74) is 1.28. The van der Waals surface area contributed by atoms with E-state index in [4.69, 9.17) is 0 Å². The van der Waals surface area contributed by atoms with Gasteiger partial charge in [0.2, 0.25) is 0 Å². The average Bonchev–Trinajstić information content (AvgIpc) is 2.72. The molecule has 1 aliphatic rings. The van der Waals surface area contributed by atoms with Crippen LogP contribution in [0, 0.1) is 5.82 Å². The zero-order valence-electron chi connectivity index (χ0n) is 17.0. The van der Waals surface area contributed by atoms with Gasteiger partial charge in [-0.1, -0.05) is 12.1 Å². The molecule has 1 saturated heterocycles. The third-order valence-electron chi connectivity index (χ3n) is 4.95. The van der Waals surface area contributed by atoms with Gasteiger partial charge in [0.1, 0.15) is 11.6 Å². The third kappa shape index (κ3) is 6.05. The van der Waals surface area contributed by atoms with Crippen molar-refractivity contribution >= 4 is 29.8 Å². The molecule has 1 aromatic carbocycles. The summed E-state index contributed by atoms with van der Waals surface area (Å²) >= 11 is 0. The monoisotopic (exact) mass is 421 g/mol. The molecule has 0 radical (unpaired) electrons. The Morgan fingerprint density at radius 2 is 1.86 bits per heavy atom. The van der Waals surface area contributed by atoms with Gasteiger partial charge in [0, 0.05) is 53.0 Å².